The first-order valence-corrected chi connectivity index (χ1v) is 14.3. The lowest BCUT2D eigenvalue weighted by molar-refractivity contribution is 0.675. The van der Waals surface area contributed by atoms with Gasteiger partial charge in [0, 0.05) is 5.57 Å². The largest absolute Gasteiger partial charge is 0.413 e. The zero-order chi connectivity index (χ0) is 12.1. The number of fused-ring (bicyclic) bond motifs is 1. The predicted octanol–water partition coefficient (Wildman–Crippen LogP) is 4.24. The zero-order valence-corrected chi connectivity index (χ0v) is 14.7. The van der Waals surface area contributed by atoms with Gasteiger partial charge in [-0.3, -0.25) is 4.79 Å². The molecule has 1 radical (unpaired) electrons. The van der Waals surface area contributed by atoms with Crippen molar-refractivity contribution in [2.24, 2.45) is 0 Å². The molecule has 1 aliphatic carbocycles. The van der Waals surface area contributed by atoms with Gasteiger partial charge in [-0.1, -0.05) is 24.3 Å². The molecular weight excluding hydrogens is 415 g/mol. The van der Waals surface area contributed by atoms with Gasteiger partial charge in [0.05, 0.1) is 5.56 Å². The van der Waals surface area contributed by atoms with Crippen LogP contribution in [0, 0.1) is 0 Å². The van der Waals surface area contributed by atoms with Crippen molar-refractivity contribution in [3.8, 4) is 0 Å². The van der Waals surface area contributed by atoms with Crippen LogP contribution in [0.2, 0.25) is 0 Å². The third kappa shape index (κ3) is 4.46. The average molecular weight is 426 g/mol. The van der Waals surface area contributed by atoms with E-state index in [0.717, 1.165) is 17.6 Å². The minimum absolute atomic E-state index is 0.428. The van der Waals surface area contributed by atoms with Crippen molar-refractivity contribution in [1.29, 1.82) is 0 Å². The molecule has 5 heteroatoms. The summed E-state index contributed by atoms with van der Waals surface area (Å²) in [5.41, 5.74) is 3.17. The second-order valence-corrected chi connectivity index (χ2v) is 23.1. The fourth-order valence-corrected chi connectivity index (χ4v) is 1.50. The summed E-state index contributed by atoms with van der Waals surface area (Å²) in [4.78, 5) is 9.68. The van der Waals surface area contributed by atoms with E-state index in [2.05, 4.69) is 54.3 Å². The minimum atomic E-state index is -0.701. The molecule has 1 N–H and O–H groups in total. The molecule has 85 valence electrons. The molecule has 0 fully saturated rings. The summed E-state index contributed by atoms with van der Waals surface area (Å²) in [6, 6.07) is 7.96. The Kier molecular flexibility index (Phi) is 6.53. The molecule has 0 atom stereocenters. The van der Waals surface area contributed by atoms with Gasteiger partial charge in [-0.15, -0.1) is 0 Å². The Hall–Kier alpha value is 0.602. The van der Waals surface area contributed by atoms with Crippen molar-refractivity contribution in [1.82, 2.24) is 0 Å². The number of allylic oxidation sites excluding steroid dienone is 2. The highest BCUT2D eigenvalue weighted by Crippen LogP contribution is 2.19. The van der Waals surface area contributed by atoms with Crippen LogP contribution in [0.3, 0.4) is 0 Å². The first-order chi connectivity index (χ1) is 7.52. The fourth-order valence-electron chi connectivity index (χ4n) is 1.50. The first-order valence-electron chi connectivity index (χ1n) is 4.76. The number of halogens is 3. The summed E-state index contributed by atoms with van der Waals surface area (Å²) < 4.78 is 0. The van der Waals surface area contributed by atoms with E-state index in [1.165, 1.54) is 5.56 Å². The Bertz CT molecular complexity index is 413. The van der Waals surface area contributed by atoms with E-state index in [9.17, 15) is 4.79 Å². The Morgan fingerprint density at radius 1 is 1.19 bits per heavy atom. The highest BCUT2D eigenvalue weighted by atomic mass is 80.0. The smallest absolute Gasteiger partial charge is 0.350 e. The highest BCUT2D eigenvalue weighted by molar-refractivity contribution is 9.69. The predicted molar refractivity (Wildman–Crippen MR) is 82.5 cm³/mol. The maximum atomic E-state index is 9.68. The van der Waals surface area contributed by atoms with Crippen LogP contribution in [0.25, 0.3) is 0 Å². The molecule has 0 aliphatic heterocycles. The number of rotatable bonds is 0. The first kappa shape index (κ1) is 14.7. The van der Waals surface area contributed by atoms with Crippen LogP contribution < -0.4 is 0 Å². The Labute approximate surface area is 121 Å². The summed E-state index contributed by atoms with van der Waals surface area (Å²) in [6.07, 6.45) is 2.99. The van der Waals surface area contributed by atoms with Gasteiger partial charge in [-0.05, 0) is 25.0 Å². The third-order valence-electron chi connectivity index (χ3n) is 2.27. The molecule has 0 saturated carbocycles. The molecule has 2 rings (SSSR count). The van der Waals surface area contributed by atoms with Gasteiger partial charge in [0.2, 0.25) is 8.67 Å². The molecule has 0 heterocycles. The molecule has 1 aromatic carbocycles. The number of ketones is 1. The lowest BCUT2D eigenvalue weighted by Gasteiger charge is -2.08. The number of hydrogen-bond donors (Lipinski definition) is 0. The molecule has 1 aromatic rings. The van der Waals surface area contributed by atoms with E-state index in [-0.39, 0.29) is 0 Å². The second-order valence-electron chi connectivity index (χ2n) is 3.34. The van der Waals surface area contributed by atoms with Crippen molar-refractivity contribution in [3.05, 3.63) is 47.0 Å². The fraction of sp³-hybridized carbons (Fsp3) is 0.182. The monoisotopic (exact) mass is 423 g/mol. The maximum Gasteiger partial charge on any atom is 0.350 e. The van der Waals surface area contributed by atoms with E-state index in [4.69, 9.17) is 0 Å². The number of hydrogen-bond acceptors (Lipinski definition) is 0. The molecule has 0 bridgehead atoms. The summed E-state index contributed by atoms with van der Waals surface area (Å²) in [5.74, 6) is 0.428. The Morgan fingerprint density at radius 2 is 1.75 bits per heavy atom. The molecule has 16 heavy (non-hydrogen) atoms. The van der Waals surface area contributed by atoms with E-state index in [1.54, 1.807) is 0 Å². The summed E-state index contributed by atoms with van der Waals surface area (Å²) >= 11 is 9.73. The van der Waals surface area contributed by atoms with Gasteiger partial charge in [0.25, 0.3) is 0 Å². The van der Waals surface area contributed by atoms with Crippen LogP contribution in [0.15, 0.2) is 35.9 Å². The van der Waals surface area contributed by atoms with Gasteiger partial charge in [-0.25, -0.2) is 0 Å². The van der Waals surface area contributed by atoms with Crippen molar-refractivity contribution in [3.63, 3.8) is 0 Å². The van der Waals surface area contributed by atoms with E-state index >= 15 is 0 Å². The number of benzene rings is 1. The van der Waals surface area contributed by atoms with Gasteiger partial charge in [0.15, 0.2) is 0 Å². The zero-order valence-electron chi connectivity index (χ0n) is 8.75. The van der Waals surface area contributed by atoms with Crippen molar-refractivity contribution in [2.45, 2.75) is 13.3 Å². The van der Waals surface area contributed by atoms with Crippen molar-refractivity contribution in [2.75, 3.05) is 0 Å². The van der Waals surface area contributed by atoms with Crippen LogP contribution >= 0.6 is 42.2 Å². The molecule has 0 amide bonds. The molecule has 0 unspecified atom stereocenters. The standard InChI is InChI=1S/C11H10O.Al.3BrH/c1-8-6-7-9-4-2-3-5-10(9)11(8)12;;;;/h2-6H,7H2,1H3;;3*1H/q;+2;;;/p-2. The molecule has 1 nitrogen and oxygen atoms in total. The molecule has 1 aliphatic rings. The van der Waals surface area contributed by atoms with Gasteiger partial charge < -0.3 is 42.2 Å². The van der Waals surface area contributed by atoms with Crippen LogP contribution in [0.5, 0.6) is 0 Å². The van der Waals surface area contributed by atoms with Gasteiger partial charge in [-0.2, -0.15) is 0 Å². The average Bonchev–Trinajstić information content (AvgIpc) is 2.23. The van der Waals surface area contributed by atoms with Gasteiger partial charge in [0.1, 0.15) is 0 Å². The minimum Gasteiger partial charge on any atom is -0.413 e. The summed E-state index contributed by atoms with van der Waals surface area (Å²) in [5, 5.41) is 0. The Morgan fingerprint density at radius 3 is 2.38 bits per heavy atom. The lowest BCUT2D eigenvalue weighted by Crippen LogP contribution is -2.10. The normalized spacial score (nSPS) is 13.8. The van der Waals surface area contributed by atoms with Crippen molar-refractivity contribution >= 4 is 56.6 Å². The molecule has 0 saturated heterocycles. The van der Waals surface area contributed by atoms with E-state index < -0.39 is 8.67 Å². The van der Waals surface area contributed by atoms with Crippen LogP contribution in [-0.4, -0.2) is 19.2 Å². The third-order valence-corrected chi connectivity index (χ3v) is 2.27. The van der Waals surface area contributed by atoms with Crippen LogP contribution in [-0.2, 0) is 6.42 Å². The quantitative estimate of drug-likeness (QED) is 0.438. The molecule has 0 aromatic heterocycles. The molecular formula is C11H11AlBr3O. The van der Waals surface area contributed by atoms with Crippen LogP contribution in [0.4, 0.5) is 0 Å². The highest BCUT2D eigenvalue weighted by Gasteiger charge is 2.21. The lowest BCUT2D eigenvalue weighted by atomic mass is 9.91. The maximum absolute atomic E-state index is 9.68. The number of carbonyl (C=O) groups excluding carboxylic acids is 1. The van der Waals surface area contributed by atoms with Crippen LogP contribution in [0.1, 0.15) is 18.1 Å². The Balaban J connectivity index is 0.000000280. The van der Waals surface area contributed by atoms with E-state index in [1.807, 2.05) is 25.1 Å². The summed E-state index contributed by atoms with van der Waals surface area (Å²) in [7, 11) is -0.701. The topological polar surface area (TPSA) is 21.4 Å². The second kappa shape index (κ2) is 7.13. The van der Waals surface area contributed by atoms with Crippen molar-refractivity contribution < 1.29 is 4.79 Å². The molecule has 0 spiro atoms. The summed E-state index contributed by atoms with van der Waals surface area (Å²) in [6.45, 7) is 1.94. The van der Waals surface area contributed by atoms with Gasteiger partial charge >= 0.3 is 5.78 Å². The van der Waals surface area contributed by atoms with E-state index in [0.29, 0.717) is 5.78 Å². The SMILES string of the molecule is CC1=CCc2ccccc2C1=[OH+].[Br][Al-]([Br])[Br].